The Kier molecular flexibility index (Phi) is 3.23. The lowest BCUT2D eigenvalue weighted by Gasteiger charge is -2.39. The molecule has 1 aliphatic rings. The molecule has 2 N–H and O–H groups in total. The van der Waals surface area contributed by atoms with Gasteiger partial charge in [0.1, 0.15) is 0 Å². The standard InChI is InChI=1S/C12H12BrFO4/c1-18-10-7(15)5-6(13)8(9(10)14)12(11(16)17)3-2-4-12/h5,15H,2-4H2,1H3,(H,16,17). The van der Waals surface area contributed by atoms with Gasteiger partial charge in [0, 0.05) is 10.0 Å². The average Bonchev–Trinajstić information content (AvgIpc) is 2.20. The molecule has 1 aliphatic carbocycles. The number of methoxy groups -OCH3 is 1. The maximum atomic E-state index is 14.3. The van der Waals surface area contributed by atoms with Crippen LogP contribution in [0.1, 0.15) is 24.8 Å². The fourth-order valence-electron chi connectivity index (χ4n) is 2.32. The summed E-state index contributed by atoms with van der Waals surface area (Å²) in [6, 6.07) is 1.26. The van der Waals surface area contributed by atoms with Crippen molar-refractivity contribution in [1.29, 1.82) is 0 Å². The fourth-order valence-corrected chi connectivity index (χ4v) is 3.09. The number of halogens is 2. The molecule has 0 amide bonds. The molecular weight excluding hydrogens is 307 g/mol. The van der Waals surface area contributed by atoms with E-state index in [0.29, 0.717) is 12.8 Å². The molecule has 0 radical (unpaired) electrons. The van der Waals surface area contributed by atoms with Gasteiger partial charge in [-0.3, -0.25) is 4.79 Å². The van der Waals surface area contributed by atoms with Crippen LogP contribution in [0.4, 0.5) is 4.39 Å². The SMILES string of the molecule is COc1c(O)cc(Br)c(C2(C(=O)O)CCC2)c1F. The number of aromatic hydroxyl groups is 1. The van der Waals surface area contributed by atoms with Crippen LogP contribution in [0.25, 0.3) is 0 Å². The van der Waals surface area contributed by atoms with Crippen LogP contribution in [0.5, 0.6) is 11.5 Å². The summed E-state index contributed by atoms with van der Waals surface area (Å²) in [7, 11) is 1.23. The third kappa shape index (κ3) is 1.67. The summed E-state index contributed by atoms with van der Waals surface area (Å²) >= 11 is 3.12. The van der Waals surface area contributed by atoms with Crippen LogP contribution in [0.2, 0.25) is 0 Å². The van der Waals surface area contributed by atoms with Gasteiger partial charge in [-0.2, -0.15) is 0 Å². The molecule has 0 saturated heterocycles. The molecule has 0 unspecified atom stereocenters. The van der Waals surface area contributed by atoms with E-state index in [1.165, 1.54) is 13.2 Å². The highest BCUT2D eigenvalue weighted by Gasteiger charge is 2.49. The monoisotopic (exact) mass is 318 g/mol. The van der Waals surface area contributed by atoms with E-state index < -0.39 is 17.2 Å². The minimum atomic E-state index is -1.22. The molecular formula is C12H12BrFO4. The van der Waals surface area contributed by atoms with Gasteiger partial charge in [0.2, 0.25) is 0 Å². The quantitative estimate of drug-likeness (QED) is 0.899. The smallest absolute Gasteiger partial charge is 0.314 e. The zero-order valence-corrected chi connectivity index (χ0v) is 11.3. The molecule has 0 aromatic heterocycles. The molecule has 0 heterocycles. The molecule has 18 heavy (non-hydrogen) atoms. The zero-order chi connectivity index (χ0) is 13.5. The maximum absolute atomic E-state index is 14.3. The first-order valence-corrected chi connectivity index (χ1v) is 6.22. The largest absolute Gasteiger partial charge is 0.504 e. The molecule has 98 valence electrons. The van der Waals surface area contributed by atoms with E-state index in [1.54, 1.807) is 0 Å². The van der Waals surface area contributed by atoms with Crippen LogP contribution in [0, 0.1) is 5.82 Å². The number of phenolic OH excluding ortho intramolecular Hbond substituents is 1. The van der Waals surface area contributed by atoms with Crippen molar-refractivity contribution in [3.63, 3.8) is 0 Å². The first kappa shape index (κ1) is 13.1. The van der Waals surface area contributed by atoms with Crippen molar-refractivity contribution in [3.05, 3.63) is 21.9 Å². The van der Waals surface area contributed by atoms with Crippen LogP contribution in [-0.4, -0.2) is 23.3 Å². The normalized spacial score (nSPS) is 17.1. The zero-order valence-electron chi connectivity index (χ0n) is 9.67. The van der Waals surface area contributed by atoms with Crippen molar-refractivity contribution in [2.75, 3.05) is 7.11 Å². The van der Waals surface area contributed by atoms with Gasteiger partial charge in [0.15, 0.2) is 17.3 Å². The van der Waals surface area contributed by atoms with Crippen LogP contribution in [-0.2, 0) is 10.2 Å². The van der Waals surface area contributed by atoms with Crippen LogP contribution in [0.3, 0.4) is 0 Å². The van der Waals surface area contributed by atoms with Crippen molar-refractivity contribution in [2.24, 2.45) is 0 Å². The molecule has 0 atom stereocenters. The van der Waals surface area contributed by atoms with E-state index in [1.807, 2.05) is 0 Å². The number of carboxylic acid groups (broad SMARTS) is 1. The predicted octanol–water partition coefficient (Wildman–Crippen LogP) is 2.81. The van der Waals surface area contributed by atoms with Crippen molar-refractivity contribution in [3.8, 4) is 11.5 Å². The first-order valence-electron chi connectivity index (χ1n) is 5.43. The topological polar surface area (TPSA) is 66.8 Å². The number of rotatable bonds is 3. The van der Waals surface area contributed by atoms with Gasteiger partial charge >= 0.3 is 5.97 Å². The second-order valence-electron chi connectivity index (χ2n) is 4.34. The van der Waals surface area contributed by atoms with Crippen LogP contribution < -0.4 is 4.74 Å². The Labute approximate surface area is 112 Å². The summed E-state index contributed by atoms with van der Waals surface area (Å²) in [4.78, 5) is 11.4. The molecule has 2 rings (SSSR count). The van der Waals surface area contributed by atoms with Gasteiger partial charge in [-0.1, -0.05) is 22.4 Å². The van der Waals surface area contributed by atoms with E-state index in [0.717, 1.165) is 6.42 Å². The van der Waals surface area contributed by atoms with E-state index >= 15 is 0 Å². The lowest BCUT2D eigenvalue weighted by molar-refractivity contribution is -0.147. The molecule has 4 nitrogen and oxygen atoms in total. The average molecular weight is 319 g/mol. The number of benzene rings is 1. The van der Waals surface area contributed by atoms with Crippen molar-refractivity contribution in [2.45, 2.75) is 24.7 Å². The molecule has 1 saturated carbocycles. The van der Waals surface area contributed by atoms with E-state index in [2.05, 4.69) is 15.9 Å². The molecule has 0 aliphatic heterocycles. The highest BCUT2D eigenvalue weighted by molar-refractivity contribution is 9.10. The summed E-state index contributed by atoms with van der Waals surface area (Å²) in [5, 5.41) is 18.9. The Morgan fingerprint density at radius 2 is 2.17 bits per heavy atom. The van der Waals surface area contributed by atoms with Crippen molar-refractivity contribution >= 4 is 21.9 Å². The Bertz CT molecular complexity index is 511. The Balaban J connectivity index is 2.67. The molecule has 0 spiro atoms. The van der Waals surface area contributed by atoms with Crippen molar-refractivity contribution < 1.29 is 24.1 Å². The fraction of sp³-hybridized carbons (Fsp3) is 0.417. The second-order valence-corrected chi connectivity index (χ2v) is 5.19. The highest BCUT2D eigenvalue weighted by atomic mass is 79.9. The van der Waals surface area contributed by atoms with Gasteiger partial charge in [0.05, 0.1) is 12.5 Å². The summed E-state index contributed by atoms with van der Waals surface area (Å²) in [5.41, 5.74) is -1.17. The minimum Gasteiger partial charge on any atom is -0.504 e. The Hall–Kier alpha value is -1.30. The number of hydrogen-bond acceptors (Lipinski definition) is 3. The van der Waals surface area contributed by atoms with Gasteiger partial charge in [-0.15, -0.1) is 0 Å². The number of aliphatic carboxylic acids is 1. The highest BCUT2D eigenvalue weighted by Crippen LogP contribution is 2.50. The lowest BCUT2D eigenvalue weighted by atomic mass is 9.64. The predicted molar refractivity (Wildman–Crippen MR) is 65.5 cm³/mol. The number of phenols is 1. The Morgan fingerprint density at radius 3 is 2.56 bits per heavy atom. The van der Waals surface area contributed by atoms with E-state index in [-0.39, 0.29) is 21.5 Å². The molecule has 1 aromatic rings. The summed E-state index contributed by atoms with van der Waals surface area (Å²) in [6.45, 7) is 0. The molecule has 0 bridgehead atoms. The number of ether oxygens (including phenoxy) is 1. The van der Waals surface area contributed by atoms with Crippen LogP contribution in [0.15, 0.2) is 10.5 Å². The van der Waals surface area contributed by atoms with E-state index in [9.17, 15) is 19.4 Å². The number of carbonyl (C=O) groups is 1. The van der Waals surface area contributed by atoms with E-state index in [4.69, 9.17) is 4.74 Å². The minimum absolute atomic E-state index is 0.0518. The number of hydrogen-bond donors (Lipinski definition) is 2. The second kappa shape index (κ2) is 4.42. The molecule has 1 fully saturated rings. The van der Waals surface area contributed by atoms with Gasteiger partial charge in [-0.25, -0.2) is 4.39 Å². The third-order valence-corrected chi connectivity index (χ3v) is 4.08. The molecule has 6 heteroatoms. The number of carboxylic acids is 1. The van der Waals surface area contributed by atoms with Gasteiger partial charge in [-0.05, 0) is 18.9 Å². The van der Waals surface area contributed by atoms with Gasteiger partial charge < -0.3 is 14.9 Å². The molecule has 1 aromatic carbocycles. The maximum Gasteiger partial charge on any atom is 0.314 e. The third-order valence-electron chi connectivity index (χ3n) is 3.45. The first-order chi connectivity index (χ1) is 8.44. The summed E-state index contributed by atoms with van der Waals surface area (Å²) < 4.78 is 19.3. The Morgan fingerprint density at radius 1 is 1.56 bits per heavy atom. The summed E-state index contributed by atoms with van der Waals surface area (Å²) in [6.07, 6.45) is 1.50. The van der Waals surface area contributed by atoms with Crippen molar-refractivity contribution in [1.82, 2.24) is 0 Å². The summed E-state index contributed by atoms with van der Waals surface area (Å²) in [5.74, 6) is -2.54. The van der Waals surface area contributed by atoms with Crippen LogP contribution >= 0.6 is 15.9 Å². The van der Waals surface area contributed by atoms with Gasteiger partial charge in [0.25, 0.3) is 0 Å². The lowest BCUT2D eigenvalue weighted by Crippen LogP contribution is -2.43.